The van der Waals surface area contributed by atoms with Crippen molar-refractivity contribution < 1.29 is 19.1 Å². The van der Waals surface area contributed by atoms with Crippen LogP contribution in [0.1, 0.15) is 17.5 Å². The van der Waals surface area contributed by atoms with Gasteiger partial charge in [0.1, 0.15) is 6.42 Å². The molecule has 7 nitrogen and oxygen atoms in total. The van der Waals surface area contributed by atoms with Gasteiger partial charge >= 0.3 is 0 Å². The van der Waals surface area contributed by atoms with E-state index in [1.165, 1.54) is 20.4 Å². The lowest BCUT2D eigenvalue weighted by atomic mass is 10.2. The van der Waals surface area contributed by atoms with Crippen LogP contribution in [0.25, 0.3) is 0 Å². The number of carbonyl (C=O) groups is 2. The minimum absolute atomic E-state index is 0.379. The minimum atomic E-state index is -0.552. The summed E-state index contributed by atoms with van der Waals surface area (Å²) in [5.41, 5.74) is 4.39. The molecule has 0 spiro atoms. The van der Waals surface area contributed by atoms with Gasteiger partial charge in [-0.2, -0.15) is 5.10 Å². The Morgan fingerprint density at radius 3 is 2.46 bits per heavy atom. The molecule has 2 amide bonds. The van der Waals surface area contributed by atoms with E-state index in [0.29, 0.717) is 32.2 Å². The molecule has 0 bridgehead atoms. The summed E-state index contributed by atoms with van der Waals surface area (Å²) in [5, 5.41) is 7.01. The van der Waals surface area contributed by atoms with E-state index >= 15 is 0 Å². The predicted octanol–water partition coefficient (Wildman–Crippen LogP) is 3.91. The topological polar surface area (TPSA) is 89.0 Å². The summed E-state index contributed by atoms with van der Waals surface area (Å²) in [4.78, 5) is 23.9. The zero-order valence-electron chi connectivity index (χ0n) is 15.5. The van der Waals surface area contributed by atoms with Gasteiger partial charge in [0, 0.05) is 20.7 Å². The van der Waals surface area contributed by atoms with E-state index in [-0.39, 0.29) is 6.42 Å². The van der Waals surface area contributed by atoms with Crippen molar-refractivity contribution in [2.75, 3.05) is 19.5 Å². The Kier molecular flexibility index (Phi) is 7.83. The number of hydrogen-bond acceptors (Lipinski definition) is 5. The van der Waals surface area contributed by atoms with Crippen LogP contribution in [0.2, 0.25) is 5.02 Å². The first-order chi connectivity index (χ1) is 13.3. The molecule has 2 rings (SSSR count). The van der Waals surface area contributed by atoms with E-state index in [9.17, 15) is 9.59 Å². The average Bonchev–Trinajstić information content (AvgIpc) is 2.65. The van der Waals surface area contributed by atoms with E-state index in [2.05, 4.69) is 31.8 Å². The normalized spacial score (nSPS) is 10.6. The van der Waals surface area contributed by atoms with Gasteiger partial charge in [-0.05, 0) is 52.7 Å². The number of rotatable bonds is 7. The highest BCUT2D eigenvalue weighted by Crippen LogP contribution is 2.32. The summed E-state index contributed by atoms with van der Waals surface area (Å²) in [5.74, 6) is 0.0570. The van der Waals surface area contributed by atoms with Gasteiger partial charge in [0.25, 0.3) is 0 Å². The fourth-order valence-corrected chi connectivity index (χ4v) is 2.81. The fraction of sp³-hybridized carbons (Fsp3) is 0.211. The SMILES string of the molecule is COc1cc(Br)c(C=NNC(=O)CC(=O)Nc2ccc(C)c(Cl)c2)cc1OC. The molecule has 28 heavy (non-hydrogen) atoms. The number of methoxy groups -OCH3 is 2. The number of nitrogens with one attached hydrogen (secondary N) is 2. The van der Waals surface area contributed by atoms with Crippen molar-refractivity contribution in [1.82, 2.24) is 5.43 Å². The van der Waals surface area contributed by atoms with Crippen LogP contribution in [0.3, 0.4) is 0 Å². The average molecular weight is 469 g/mol. The van der Waals surface area contributed by atoms with Gasteiger partial charge in [0.15, 0.2) is 11.5 Å². The molecule has 0 heterocycles. The molecule has 148 valence electrons. The number of aryl methyl sites for hydroxylation is 1. The van der Waals surface area contributed by atoms with Crippen LogP contribution in [-0.2, 0) is 9.59 Å². The molecule has 0 saturated heterocycles. The van der Waals surface area contributed by atoms with Gasteiger partial charge in [-0.1, -0.05) is 17.7 Å². The van der Waals surface area contributed by atoms with Crippen LogP contribution in [-0.4, -0.2) is 32.2 Å². The second kappa shape index (κ2) is 10.1. The van der Waals surface area contributed by atoms with Gasteiger partial charge in [-0.15, -0.1) is 0 Å². The zero-order chi connectivity index (χ0) is 20.7. The van der Waals surface area contributed by atoms with Crippen molar-refractivity contribution in [3.8, 4) is 11.5 Å². The number of amides is 2. The Labute approximate surface area is 176 Å². The van der Waals surface area contributed by atoms with E-state index in [0.717, 1.165) is 5.56 Å². The molecule has 0 aliphatic rings. The summed E-state index contributed by atoms with van der Waals surface area (Å²) in [6, 6.07) is 8.54. The highest BCUT2D eigenvalue weighted by atomic mass is 79.9. The van der Waals surface area contributed by atoms with Crippen LogP contribution in [0.5, 0.6) is 11.5 Å². The summed E-state index contributed by atoms with van der Waals surface area (Å²) in [7, 11) is 3.06. The van der Waals surface area contributed by atoms with Crippen molar-refractivity contribution >= 4 is 51.2 Å². The highest BCUT2D eigenvalue weighted by Gasteiger charge is 2.11. The van der Waals surface area contributed by atoms with Crippen LogP contribution < -0.4 is 20.2 Å². The predicted molar refractivity (Wildman–Crippen MR) is 112 cm³/mol. The number of benzene rings is 2. The molecule has 0 fully saturated rings. The third-order valence-corrected chi connectivity index (χ3v) is 4.77. The van der Waals surface area contributed by atoms with Gasteiger partial charge in [-0.25, -0.2) is 5.43 Å². The molecule has 2 N–H and O–H groups in total. The Morgan fingerprint density at radius 1 is 1.14 bits per heavy atom. The maximum Gasteiger partial charge on any atom is 0.249 e. The van der Waals surface area contributed by atoms with Crippen molar-refractivity contribution in [3.05, 3.63) is 51.0 Å². The fourth-order valence-electron chi connectivity index (χ4n) is 2.20. The maximum absolute atomic E-state index is 12.0. The maximum atomic E-state index is 12.0. The molecule has 0 unspecified atom stereocenters. The van der Waals surface area contributed by atoms with E-state index < -0.39 is 11.8 Å². The molecule has 0 radical (unpaired) electrons. The largest absolute Gasteiger partial charge is 0.493 e. The monoisotopic (exact) mass is 467 g/mol. The molecular weight excluding hydrogens is 450 g/mol. The van der Waals surface area contributed by atoms with E-state index in [1.807, 2.05) is 6.92 Å². The number of halogens is 2. The van der Waals surface area contributed by atoms with Crippen LogP contribution >= 0.6 is 27.5 Å². The van der Waals surface area contributed by atoms with E-state index in [1.54, 1.807) is 30.3 Å². The van der Waals surface area contributed by atoms with Crippen molar-refractivity contribution in [2.45, 2.75) is 13.3 Å². The lowest BCUT2D eigenvalue weighted by Crippen LogP contribution is -2.24. The molecule has 0 aliphatic carbocycles. The first-order valence-corrected chi connectivity index (χ1v) is 9.30. The van der Waals surface area contributed by atoms with Gasteiger partial charge < -0.3 is 14.8 Å². The van der Waals surface area contributed by atoms with Crippen LogP contribution in [0.15, 0.2) is 39.9 Å². The highest BCUT2D eigenvalue weighted by molar-refractivity contribution is 9.10. The summed E-state index contributed by atoms with van der Waals surface area (Å²) < 4.78 is 11.1. The standard InChI is InChI=1S/C19H19BrClN3O4/c1-11-4-5-13(7-15(11)21)23-18(25)9-19(26)24-22-10-12-6-16(27-2)17(28-3)8-14(12)20/h4-8,10H,9H2,1-3H3,(H,23,25)(H,24,26). The minimum Gasteiger partial charge on any atom is -0.493 e. The van der Waals surface area contributed by atoms with Crippen molar-refractivity contribution in [1.29, 1.82) is 0 Å². The number of nitrogens with zero attached hydrogens (tertiary/aromatic N) is 1. The molecular formula is C19H19BrClN3O4. The smallest absolute Gasteiger partial charge is 0.249 e. The van der Waals surface area contributed by atoms with Crippen LogP contribution in [0, 0.1) is 6.92 Å². The number of hydrazone groups is 1. The molecule has 0 aliphatic heterocycles. The summed E-state index contributed by atoms with van der Waals surface area (Å²) in [6.07, 6.45) is 1.05. The third-order valence-electron chi connectivity index (χ3n) is 3.67. The van der Waals surface area contributed by atoms with Crippen molar-refractivity contribution in [3.63, 3.8) is 0 Å². The van der Waals surface area contributed by atoms with Crippen molar-refractivity contribution in [2.24, 2.45) is 5.10 Å². The molecule has 9 heteroatoms. The summed E-state index contributed by atoms with van der Waals surface area (Å²) >= 11 is 9.41. The molecule has 2 aromatic carbocycles. The summed E-state index contributed by atoms with van der Waals surface area (Å²) in [6.45, 7) is 1.86. The molecule has 0 aromatic heterocycles. The number of carbonyl (C=O) groups excluding carboxylic acids is 2. The number of ether oxygens (including phenoxy) is 2. The number of anilines is 1. The number of hydrogen-bond donors (Lipinski definition) is 2. The quantitative estimate of drug-likeness (QED) is 0.366. The second-order valence-corrected chi connectivity index (χ2v) is 6.97. The van der Waals surface area contributed by atoms with Gasteiger partial charge in [-0.3, -0.25) is 9.59 Å². The Bertz CT molecular complexity index is 918. The lowest BCUT2D eigenvalue weighted by Gasteiger charge is -2.09. The van der Waals surface area contributed by atoms with Crippen LogP contribution in [0.4, 0.5) is 5.69 Å². The van der Waals surface area contributed by atoms with Gasteiger partial charge in [0.2, 0.25) is 11.8 Å². The Morgan fingerprint density at radius 2 is 1.82 bits per heavy atom. The second-order valence-electron chi connectivity index (χ2n) is 5.71. The Balaban J connectivity index is 1.92. The molecule has 2 aromatic rings. The zero-order valence-corrected chi connectivity index (χ0v) is 17.8. The van der Waals surface area contributed by atoms with Gasteiger partial charge in [0.05, 0.1) is 20.4 Å². The van der Waals surface area contributed by atoms with E-state index in [4.69, 9.17) is 21.1 Å². The first kappa shape index (κ1) is 21.7. The third kappa shape index (κ3) is 5.97. The lowest BCUT2D eigenvalue weighted by molar-refractivity contribution is -0.126. The molecule has 0 atom stereocenters. The Hall–Kier alpha value is -2.58. The first-order valence-electron chi connectivity index (χ1n) is 8.13. The molecule has 0 saturated carbocycles.